The summed E-state index contributed by atoms with van der Waals surface area (Å²) >= 11 is 0. The second-order valence-electron chi connectivity index (χ2n) is 18.4. The van der Waals surface area contributed by atoms with Crippen LogP contribution >= 0.6 is 0 Å². The lowest BCUT2D eigenvalue weighted by atomic mass is 9.95. The van der Waals surface area contributed by atoms with E-state index in [9.17, 15) is 9.50 Å². The standard InChI is InChI=1S/C46H53F3N8O2Si/c1-26(2)60(27(3)4,28(5)6)15-12-35-37(48)11-8-29-16-34(58)17-36(38(29)35)42-40(49)43-39(41(53-42)30-19-50-25-51-20-30)44(56-22-32-9-10-33(23-56)52-32)55-45(54-43)59-24-46-13-7-14-57(46)21-31(47)18-46/h8,11,16-17,19-20,25-28,31-33,52,58H,7,9-10,13-14,18,21-24H2,1-6H3/t31-,32-,33+,46+/m1/s1. The fourth-order valence-corrected chi connectivity index (χ4v) is 16.4. The van der Waals surface area contributed by atoms with Gasteiger partial charge in [-0.05, 0) is 72.4 Å². The van der Waals surface area contributed by atoms with Gasteiger partial charge in [0.25, 0.3) is 0 Å². The highest BCUT2D eigenvalue weighted by molar-refractivity contribution is 6.90. The maximum atomic E-state index is 18.0. The summed E-state index contributed by atoms with van der Waals surface area (Å²) in [4.78, 5) is 27.8. The molecule has 5 aromatic rings. The van der Waals surface area contributed by atoms with Crippen molar-refractivity contribution in [3.8, 4) is 45.7 Å². The molecule has 0 amide bonds. The smallest absolute Gasteiger partial charge is 0.319 e. The number of hydrogen-bond acceptors (Lipinski definition) is 10. The number of benzene rings is 2. The fraction of sp³-hybridized carbons (Fsp3) is 0.500. The zero-order valence-electron chi connectivity index (χ0n) is 35.2. The monoisotopic (exact) mass is 834 g/mol. The number of rotatable bonds is 9. The van der Waals surface area contributed by atoms with Crippen LogP contribution in [0.1, 0.15) is 79.2 Å². The van der Waals surface area contributed by atoms with Crippen molar-refractivity contribution in [2.45, 2.75) is 114 Å². The van der Waals surface area contributed by atoms with Crippen LogP contribution in [0.4, 0.5) is 19.0 Å². The Hall–Kier alpha value is -4.84. The number of halogens is 3. The second-order valence-corrected chi connectivity index (χ2v) is 24.0. The maximum Gasteiger partial charge on any atom is 0.319 e. The van der Waals surface area contributed by atoms with Crippen LogP contribution in [-0.2, 0) is 0 Å². The quantitative estimate of drug-likeness (QED) is 0.111. The second kappa shape index (κ2) is 15.6. The molecule has 2 aromatic carbocycles. The molecule has 7 heterocycles. The number of anilines is 1. The van der Waals surface area contributed by atoms with Crippen molar-refractivity contribution >= 4 is 35.6 Å². The number of piperazine rings is 1. The van der Waals surface area contributed by atoms with Gasteiger partial charge in [-0.3, -0.25) is 4.90 Å². The van der Waals surface area contributed by atoms with Gasteiger partial charge in [-0.1, -0.05) is 53.5 Å². The number of phenolic OH excluding ortho intramolecular Hbond substituents is 1. The maximum absolute atomic E-state index is 18.0. The number of ether oxygens (including phenoxy) is 1. The van der Waals surface area contributed by atoms with Gasteiger partial charge in [-0.25, -0.2) is 28.1 Å². The Labute approximate surface area is 350 Å². The van der Waals surface area contributed by atoms with Gasteiger partial charge in [0.15, 0.2) is 5.82 Å². The van der Waals surface area contributed by atoms with E-state index in [-0.39, 0.29) is 52.8 Å². The van der Waals surface area contributed by atoms with Crippen molar-refractivity contribution in [2.75, 3.05) is 37.7 Å². The highest BCUT2D eigenvalue weighted by Gasteiger charge is 2.49. The number of nitrogens with zero attached hydrogens (tertiary/aromatic N) is 7. The van der Waals surface area contributed by atoms with E-state index in [1.165, 1.54) is 24.5 Å². The van der Waals surface area contributed by atoms with Gasteiger partial charge in [0, 0.05) is 67.0 Å². The summed E-state index contributed by atoms with van der Waals surface area (Å²) in [7, 11) is -2.34. The molecule has 9 rings (SSSR count). The normalized spacial score (nSPS) is 23.0. The van der Waals surface area contributed by atoms with Crippen LogP contribution in [0.5, 0.6) is 11.8 Å². The Morgan fingerprint density at radius 2 is 1.65 bits per heavy atom. The van der Waals surface area contributed by atoms with Gasteiger partial charge >= 0.3 is 6.01 Å². The summed E-state index contributed by atoms with van der Waals surface area (Å²) in [6, 6.07) is 6.30. The van der Waals surface area contributed by atoms with Crippen molar-refractivity contribution in [1.82, 2.24) is 35.1 Å². The molecular formula is C46H53F3N8O2Si. The van der Waals surface area contributed by atoms with E-state index >= 15 is 8.78 Å². The molecule has 0 unspecified atom stereocenters. The van der Waals surface area contributed by atoms with Crippen LogP contribution < -0.4 is 15.0 Å². The Balaban J connectivity index is 1.30. The molecule has 4 atom stereocenters. The van der Waals surface area contributed by atoms with Gasteiger partial charge in [0.05, 0.1) is 22.2 Å². The fourth-order valence-electron chi connectivity index (χ4n) is 11.2. The minimum atomic E-state index is -2.34. The van der Waals surface area contributed by atoms with E-state index in [0.29, 0.717) is 75.9 Å². The highest BCUT2D eigenvalue weighted by Crippen LogP contribution is 2.45. The molecule has 4 fully saturated rings. The van der Waals surface area contributed by atoms with Gasteiger partial charge < -0.3 is 20.1 Å². The van der Waals surface area contributed by atoms with Crippen molar-refractivity contribution in [1.29, 1.82) is 0 Å². The Kier molecular flexibility index (Phi) is 10.5. The zero-order valence-corrected chi connectivity index (χ0v) is 36.2. The lowest BCUT2D eigenvalue weighted by molar-refractivity contribution is 0.107. The summed E-state index contributed by atoms with van der Waals surface area (Å²) in [6.07, 6.45) is 7.79. The van der Waals surface area contributed by atoms with E-state index < -0.39 is 31.4 Å². The van der Waals surface area contributed by atoms with Crippen LogP contribution in [0, 0.1) is 23.1 Å². The molecule has 10 nitrogen and oxygen atoms in total. The first-order valence-corrected chi connectivity index (χ1v) is 23.7. The predicted octanol–water partition coefficient (Wildman–Crippen LogP) is 8.75. The van der Waals surface area contributed by atoms with Crippen LogP contribution in [0.2, 0.25) is 16.6 Å². The van der Waals surface area contributed by atoms with E-state index in [1.807, 2.05) is 0 Å². The molecule has 3 aromatic heterocycles. The minimum Gasteiger partial charge on any atom is -0.508 e. The summed E-state index contributed by atoms with van der Waals surface area (Å²) in [5.74, 6) is 2.31. The number of aromatic hydroxyl groups is 1. The molecule has 14 heteroatoms. The number of hydrogen-bond donors (Lipinski definition) is 2. The summed E-state index contributed by atoms with van der Waals surface area (Å²) in [5.41, 5.74) is 4.97. The number of nitrogens with one attached hydrogen (secondary N) is 1. The third kappa shape index (κ3) is 6.86. The molecule has 4 aliphatic rings. The molecule has 60 heavy (non-hydrogen) atoms. The molecule has 4 saturated heterocycles. The van der Waals surface area contributed by atoms with E-state index in [1.54, 1.807) is 18.5 Å². The summed E-state index contributed by atoms with van der Waals surface area (Å²) in [6.45, 7) is 15.8. The van der Waals surface area contributed by atoms with Gasteiger partial charge in [0.1, 0.15) is 55.8 Å². The number of phenols is 1. The van der Waals surface area contributed by atoms with Crippen LogP contribution in [-0.4, -0.2) is 99.6 Å². The molecule has 314 valence electrons. The van der Waals surface area contributed by atoms with Crippen molar-refractivity contribution < 1.29 is 23.0 Å². The third-order valence-electron chi connectivity index (χ3n) is 13.9. The van der Waals surface area contributed by atoms with Crippen LogP contribution in [0.15, 0.2) is 43.0 Å². The number of aromatic nitrogens is 5. The molecule has 2 N–H and O–H groups in total. The molecule has 0 saturated carbocycles. The first kappa shape index (κ1) is 40.6. The Morgan fingerprint density at radius 1 is 0.933 bits per heavy atom. The highest BCUT2D eigenvalue weighted by atomic mass is 28.3. The average molecular weight is 835 g/mol. The third-order valence-corrected chi connectivity index (χ3v) is 20.2. The first-order chi connectivity index (χ1) is 28.8. The zero-order chi connectivity index (χ0) is 42.1. The Morgan fingerprint density at radius 3 is 2.35 bits per heavy atom. The summed E-state index contributed by atoms with van der Waals surface area (Å²) < 4.78 is 55.6. The topological polar surface area (TPSA) is 112 Å². The first-order valence-electron chi connectivity index (χ1n) is 21.5. The van der Waals surface area contributed by atoms with Gasteiger partial charge in [0.2, 0.25) is 0 Å². The van der Waals surface area contributed by atoms with E-state index in [4.69, 9.17) is 19.7 Å². The molecule has 0 aliphatic carbocycles. The number of pyridine rings is 1. The largest absolute Gasteiger partial charge is 0.508 e. The number of fused-ring (bicyclic) bond motifs is 5. The molecule has 0 spiro atoms. The SMILES string of the molecule is CC(C)[Si](C#Cc1c(F)ccc2cc(O)cc(-c3nc(-c4cncnc4)c4c(N5C[C@H]6CC[C@@H](C5)N6)nc(OC[C@@]56CCCN5C[C@H](F)C6)nc4c3F)c12)(C(C)C)C(C)C. The van der Waals surface area contributed by atoms with E-state index in [0.717, 1.165) is 32.2 Å². The Bertz CT molecular complexity index is 2500. The lowest BCUT2D eigenvalue weighted by Gasteiger charge is -2.38. The van der Waals surface area contributed by atoms with Crippen molar-refractivity contribution in [2.24, 2.45) is 0 Å². The molecular weight excluding hydrogens is 782 g/mol. The van der Waals surface area contributed by atoms with Gasteiger partial charge in [-0.2, -0.15) is 9.97 Å². The van der Waals surface area contributed by atoms with Gasteiger partial charge in [-0.15, -0.1) is 5.54 Å². The van der Waals surface area contributed by atoms with Crippen LogP contribution in [0.25, 0.3) is 44.2 Å². The summed E-state index contributed by atoms with van der Waals surface area (Å²) in [5, 5.41) is 16.1. The average Bonchev–Trinajstić information content (AvgIpc) is 3.87. The molecule has 0 radical (unpaired) electrons. The van der Waals surface area contributed by atoms with Crippen LogP contribution in [0.3, 0.4) is 0 Å². The minimum absolute atomic E-state index is 0.0195. The predicted molar refractivity (Wildman–Crippen MR) is 232 cm³/mol. The molecule has 4 aliphatic heterocycles. The molecule has 2 bridgehead atoms. The number of alkyl halides is 1. The lowest BCUT2D eigenvalue weighted by Crippen LogP contribution is -2.51. The van der Waals surface area contributed by atoms with Crippen molar-refractivity contribution in [3.63, 3.8) is 0 Å². The van der Waals surface area contributed by atoms with E-state index in [2.05, 4.69) is 78.1 Å². The van der Waals surface area contributed by atoms with Crippen molar-refractivity contribution in [3.05, 3.63) is 60.2 Å².